The molecule has 0 heterocycles. The van der Waals surface area contributed by atoms with Crippen molar-refractivity contribution in [3.8, 4) is 0 Å². The second-order valence-electron chi connectivity index (χ2n) is 5.75. The molecule has 2 bridgehead atoms. The van der Waals surface area contributed by atoms with Crippen LogP contribution in [0.3, 0.4) is 0 Å². The molecule has 0 nitrogen and oxygen atoms in total. The minimum absolute atomic E-state index is 0.746. The van der Waals surface area contributed by atoms with Gasteiger partial charge in [0, 0.05) is 0 Å². The molecule has 0 saturated heterocycles. The maximum Gasteiger partial charge on any atom is -0.0226 e. The van der Waals surface area contributed by atoms with Gasteiger partial charge in [-0.1, -0.05) is 51.2 Å². The average molecular weight is 206 g/mol. The highest BCUT2D eigenvalue weighted by Gasteiger charge is 2.45. The molecule has 2 aliphatic carbocycles. The molecule has 1 saturated carbocycles. The van der Waals surface area contributed by atoms with Crippen molar-refractivity contribution in [1.82, 2.24) is 0 Å². The van der Waals surface area contributed by atoms with Gasteiger partial charge in [0.25, 0.3) is 0 Å². The first-order chi connectivity index (χ1) is 7.30. The van der Waals surface area contributed by atoms with E-state index in [1.54, 1.807) is 5.57 Å². The minimum Gasteiger partial charge on any atom is -0.0850 e. The first kappa shape index (κ1) is 11.2. The average Bonchev–Trinajstić information content (AvgIpc) is 2.84. The SMILES string of the molecule is CCCCC1(CCCC)CC2=CCC1C2. The standard InChI is InChI=1S/C15H26/c1-3-5-9-15(10-6-4-2)12-13-7-8-14(15)11-13/h7,14H,3-6,8-12H2,1-2H3. The molecule has 0 radical (unpaired) electrons. The molecule has 2 aliphatic rings. The lowest BCUT2D eigenvalue weighted by Crippen LogP contribution is -2.26. The van der Waals surface area contributed by atoms with Gasteiger partial charge >= 0.3 is 0 Å². The third-order valence-electron chi connectivity index (χ3n) is 4.70. The molecule has 0 heteroatoms. The molecule has 0 N–H and O–H groups in total. The van der Waals surface area contributed by atoms with E-state index < -0.39 is 0 Å². The molecule has 0 aromatic carbocycles. The van der Waals surface area contributed by atoms with Crippen LogP contribution < -0.4 is 0 Å². The lowest BCUT2D eigenvalue weighted by atomic mass is 9.68. The largest absolute Gasteiger partial charge is 0.0850 e. The lowest BCUT2D eigenvalue weighted by molar-refractivity contribution is 0.154. The maximum atomic E-state index is 2.53. The van der Waals surface area contributed by atoms with Gasteiger partial charge in [0.15, 0.2) is 0 Å². The van der Waals surface area contributed by atoms with Crippen LogP contribution in [0.1, 0.15) is 71.6 Å². The monoisotopic (exact) mass is 206 g/mol. The van der Waals surface area contributed by atoms with Gasteiger partial charge in [-0.3, -0.25) is 0 Å². The molecule has 15 heavy (non-hydrogen) atoms. The van der Waals surface area contributed by atoms with E-state index in [1.807, 2.05) is 0 Å². The van der Waals surface area contributed by atoms with Crippen molar-refractivity contribution >= 4 is 0 Å². The van der Waals surface area contributed by atoms with E-state index in [0.717, 1.165) is 11.3 Å². The summed E-state index contributed by atoms with van der Waals surface area (Å²) in [5.41, 5.74) is 2.54. The third-order valence-corrected chi connectivity index (χ3v) is 4.70. The predicted octanol–water partition coefficient (Wildman–Crippen LogP) is 5.09. The Labute approximate surface area is 95.1 Å². The Morgan fingerprint density at radius 3 is 2.27 bits per heavy atom. The molecule has 0 spiro atoms. The van der Waals surface area contributed by atoms with E-state index in [2.05, 4.69) is 19.9 Å². The van der Waals surface area contributed by atoms with Crippen molar-refractivity contribution < 1.29 is 0 Å². The molecule has 1 unspecified atom stereocenters. The number of hydrogen-bond donors (Lipinski definition) is 0. The molecule has 0 amide bonds. The fourth-order valence-corrected chi connectivity index (χ4v) is 3.77. The number of fused-ring (bicyclic) bond motifs is 2. The van der Waals surface area contributed by atoms with Gasteiger partial charge in [0.05, 0.1) is 0 Å². The van der Waals surface area contributed by atoms with Gasteiger partial charge < -0.3 is 0 Å². The lowest BCUT2D eigenvalue weighted by Gasteiger charge is -2.36. The number of unbranched alkanes of at least 4 members (excludes halogenated alkanes) is 2. The molecule has 86 valence electrons. The fourth-order valence-electron chi connectivity index (χ4n) is 3.77. The number of allylic oxidation sites excluding steroid dienone is 2. The summed E-state index contributed by atoms with van der Waals surface area (Å²) in [5.74, 6) is 1.03. The Morgan fingerprint density at radius 1 is 1.20 bits per heavy atom. The first-order valence-corrected chi connectivity index (χ1v) is 6.98. The third kappa shape index (κ3) is 2.14. The van der Waals surface area contributed by atoms with Crippen LogP contribution in [0.25, 0.3) is 0 Å². The Kier molecular flexibility index (Phi) is 3.53. The van der Waals surface area contributed by atoms with Crippen molar-refractivity contribution in [3.63, 3.8) is 0 Å². The molecule has 0 aromatic rings. The summed E-state index contributed by atoms with van der Waals surface area (Å²) in [6.45, 7) is 4.67. The number of hydrogen-bond acceptors (Lipinski definition) is 0. The summed E-state index contributed by atoms with van der Waals surface area (Å²) in [6, 6.07) is 0. The van der Waals surface area contributed by atoms with Crippen LogP contribution in [0.4, 0.5) is 0 Å². The van der Waals surface area contributed by atoms with E-state index in [-0.39, 0.29) is 0 Å². The highest BCUT2D eigenvalue weighted by atomic mass is 14.5. The predicted molar refractivity (Wildman–Crippen MR) is 66.9 cm³/mol. The van der Waals surface area contributed by atoms with Gasteiger partial charge in [-0.2, -0.15) is 0 Å². The molecule has 1 fully saturated rings. The van der Waals surface area contributed by atoms with E-state index >= 15 is 0 Å². The quantitative estimate of drug-likeness (QED) is 0.531. The highest BCUT2D eigenvalue weighted by Crippen LogP contribution is 2.57. The van der Waals surface area contributed by atoms with Crippen LogP contribution in [-0.4, -0.2) is 0 Å². The van der Waals surface area contributed by atoms with Gasteiger partial charge in [-0.15, -0.1) is 0 Å². The topological polar surface area (TPSA) is 0 Å². The summed E-state index contributed by atoms with van der Waals surface area (Å²) in [6.07, 6.45) is 15.5. The first-order valence-electron chi connectivity index (χ1n) is 6.98. The Morgan fingerprint density at radius 2 is 1.87 bits per heavy atom. The fraction of sp³-hybridized carbons (Fsp3) is 0.867. The van der Waals surface area contributed by atoms with Crippen LogP contribution in [-0.2, 0) is 0 Å². The van der Waals surface area contributed by atoms with Crippen molar-refractivity contribution in [3.05, 3.63) is 11.6 Å². The van der Waals surface area contributed by atoms with E-state index in [4.69, 9.17) is 0 Å². The van der Waals surface area contributed by atoms with Gasteiger partial charge in [-0.05, 0) is 43.4 Å². The maximum absolute atomic E-state index is 2.53. The van der Waals surface area contributed by atoms with E-state index in [9.17, 15) is 0 Å². The van der Waals surface area contributed by atoms with E-state index in [0.29, 0.717) is 0 Å². The summed E-state index contributed by atoms with van der Waals surface area (Å²) in [7, 11) is 0. The van der Waals surface area contributed by atoms with Gasteiger partial charge in [-0.25, -0.2) is 0 Å². The van der Waals surface area contributed by atoms with Gasteiger partial charge in [0.1, 0.15) is 0 Å². The van der Waals surface area contributed by atoms with Crippen LogP contribution in [0.15, 0.2) is 11.6 Å². The second-order valence-corrected chi connectivity index (χ2v) is 5.75. The zero-order valence-corrected chi connectivity index (χ0v) is 10.5. The van der Waals surface area contributed by atoms with E-state index in [1.165, 1.54) is 57.8 Å². The van der Waals surface area contributed by atoms with Crippen LogP contribution >= 0.6 is 0 Å². The zero-order chi connectivity index (χ0) is 10.7. The molecular weight excluding hydrogens is 180 g/mol. The second kappa shape index (κ2) is 4.72. The summed E-state index contributed by atoms with van der Waals surface area (Å²) < 4.78 is 0. The Balaban J connectivity index is 2.00. The highest BCUT2D eigenvalue weighted by molar-refractivity contribution is 5.22. The molecule has 2 rings (SSSR count). The minimum atomic E-state index is 0.746. The molecule has 1 atom stereocenters. The number of rotatable bonds is 6. The molecule has 0 aromatic heterocycles. The van der Waals surface area contributed by atoms with Crippen molar-refractivity contribution in [2.24, 2.45) is 11.3 Å². The van der Waals surface area contributed by atoms with Crippen LogP contribution in [0, 0.1) is 11.3 Å². The normalized spacial score (nSPS) is 27.1. The Bertz CT molecular complexity index is 228. The van der Waals surface area contributed by atoms with Gasteiger partial charge in [0.2, 0.25) is 0 Å². The summed E-state index contributed by atoms with van der Waals surface area (Å²) in [5, 5.41) is 0. The van der Waals surface area contributed by atoms with Crippen LogP contribution in [0.5, 0.6) is 0 Å². The van der Waals surface area contributed by atoms with Crippen molar-refractivity contribution in [2.45, 2.75) is 71.6 Å². The molecular formula is C15H26. The summed E-state index contributed by atoms with van der Waals surface area (Å²) in [4.78, 5) is 0. The molecule has 0 aliphatic heterocycles. The zero-order valence-electron chi connectivity index (χ0n) is 10.5. The smallest absolute Gasteiger partial charge is 0.0226 e. The van der Waals surface area contributed by atoms with Crippen molar-refractivity contribution in [1.29, 1.82) is 0 Å². The summed E-state index contributed by atoms with van der Waals surface area (Å²) >= 11 is 0. The Hall–Kier alpha value is -0.260. The van der Waals surface area contributed by atoms with Crippen LogP contribution in [0.2, 0.25) is 0 Å². The van der Waals surface area contributed by atoms with Crippen molar-refractivity contribution in [2.75, 3.05) is 0 Å².